The zero-order chi connectivity index (χ0) is 13.1. The maximum Gasteiger partial charge on any atom is 0.365 e. The molecular formula is C11H9ClN2O2S2. The second-order valence-corrected chi connectivity index (χ2v) is 5.73. The first-order chi connectivity index (χ1) is 8.56. The first kappa shape index (κ1) is 13.2. The van der Waals surface area contributed by atoms with Gasteiger partial charge in [-0.05, 0) is 18.2 Å². The van der Waals surface area contributed by atoms with Crippen molar-refractivity contribution in [3.63, 3.8) is 0 Å². The third kappa shape index (κ3) is 3.16. The number of nitrogens with two attached hydrogens (primary N) is 1. The first-order valence-electron chi connectivity index (χ1n) is 4.92. The lowest BCUT2D eigenvalue weighted by Crippen LogP contribution is -1.95. The van der Waals surface area contributed by atoms with E-state index in [9.17, 15) is 4.79 Å². The molecule has 18 heavy (non-hydrogen) atoms. The van der Waals surface area contributed by atoms with Crippen LogP contribution < -0.4 is 5.73 Å². The molecule has 1 heterocycles. The zero-order valence-electron chi connectivity index (χ0n) is 9.09. The van der Waals surface area contributed by atoms with Gasteiger partial charge in [0, 0.05) is 26.7 Å². The van der Waals surface area contributed by atoms with Crippen molar-refractivity contribution in [1.29, 1.82) is 0 Å². The number of benzene rings is 1. The number of hydrogen-bond donors (Lipinski definition) is 2. The largest absolute Gasteiger partial charge is 0.476 e. The summed E-state index contributed by atoms with van der Waals surface area (Å²) in [6.45, 7) is 0. The van der Waals surface area contributed by atoms with Crippen molar-refractivity contribution in [3.05, 3.63) is 39.3 Å². The molecule has 0 aliphatic heterocycles. The molecule has 3 N–H and O–H groups in total. The number of aromatic carboxylic acids is 1. The van der Waals surface area contributed by atoms with Crippen molar-refractivity contribution in [1.82, 2.24) is 4.98 Å². The molecule has 0 amide bonds. The van der Waals surface area contributed by atoms with Crippen LogP contribution in [0.2, 0.25) is 5.02 Å². The van der Waals surface area contributed by atoms with Gasteiger partial charge in [0.05, 0.1) is 5.69 Å². The normalized spacial score (nSPS) is 10.5. The van der Waals surface area contributed by atoms with Crippen LogP contribution in [0.25, 0.3) is 0 Å². The van der Waals surface area contributed by atoms with E-state index >= 15 is 0 Å². The summed E-state index contributed by atoms with van der Waals surface area (Å²) in [5.74, 6) is -0.438. The number of nitrogen functional groups attached to an aromatic ring is 1. The Morgan fingerprint density at radius 3 is 3.00 bits per heavy atom. The molecule has 0 radical (unpaired) electrons. The number of carboxylic acid groups (broad SMARTS) is 1. The highest BCUT2D eigenvalue weighted by Gasteiger charge is 2.09. The van der Waals surface area contributed by atoms with Crippen LogP contribution >= 0.6 is 34.7 Å². The summed E-state index contributed by atoms with van der Waals surface area (Å²) >= 11 is 8.48. The Balaban J connectivity index is 2.06. The maximum absolute atomic E-state index is 10.7. The van der Waals surface area contributed by atoms with E-state index in [1.807, 2.05) is 0 Å². The van der Waals surface area contributed by atoms with E-state index in [0.717, 1.165) is 21.9 Å². The number of anilines is 1. The van der Waals surface area contributed by atoms with Gasteiger partial charge in [-0.25, -0.2) is 9.78 Å². The lowest BCUT2D eigenvalue weighted by atomic mass is 10.3. The quantitative estimate of drug-likeness (QED) is 0.669. The van der Waals surface area contributed by atoms with Crippen molar-refractivity contribution >= 4 is 46.4 Å². The Kier molecular flexibility index (Phi) is 4.11. The van der Waals surface area contributed by atoms with Gasteiger partial charge < -0.3 is 10.8 Å². The molecule has 0 atom stereocenters. The summed E-state index contributed by atoms with van der Waals surface area (Å²) in [5.41, 5.74) is 7.19. The minimum atomic E-state index is -1.00. The van der Waals surface area contributed by atoms with Crippen molar-refractivity contribution in [2.24, 2.45) is 0 Å². The van der Waals surface area contributed by atoms with Gasteiger partial charge in [0.1, 0.15) is 0 Å². The van der Waals surface area contributed by atoms with Crippen LogP contribution in [-0.2, 0) is 5.75 Å². The third-order valence-corrected chi connectivity index (χ3v) is 4.30. The molecule has 0 aliphatic carbocycles. The van der Waals surface area contributed by atoms with Gasteiger partial charge in [0.25, 0.3) is 0 Å². The molecule has 0 fully saturated rings. The van der Waals surface area contributed by atoms with Crippen LogP contribution in [0.1, 0.15) is 15.5 Å². The average Bonchev–Trinajstić information content (AvgIpc) is 2.79. The summed E-state index contributed by atoms with van der Waals surface area (Å²) in [6.07, 6.45) is 0. The second kappa shape index (κ2) is 5.60. The molecule has 0 unspecified atom stereocenters. The highest BCUT2D eigenvalue weighted by Crippen LogP contribution is 2.30. The number of aromatic nitrogens is 1. The first-order valence-corrected chi connectivity index (χ1v) is 7.16. The van der Waals surface area contributed by atoms with Gasteiger partial charge in [0.15, 0.2) is 0 Å². The Morgan fingerprint density at radius 2 is 2.33 bits per heavy atom. The summed E-state index contributed by atoms with van der Waals surface area (Å²) in [6, 6.07) is 5.26. The Morgan fingerprint density at radius 1 is 1.56 bits per heavy atom. The zero-order valence-corrected chi connectivity index (χ0v) is 11.5. The van der Waals surface area contributed by atoms with Crippen LogP contribution in [-0.4, -0.2) is 16.1 Å². The van der Waals surface area contributed by atoms with E-state index in [1.54, 1.807) is 23.6 Å². The van der Waals surface area contributed by atoms with E-state index in [4.69, 9.17) is 22.4 Å². The monoisotopic (exact) mass is 300 g/mol. The molecule has 0 spiro atoms. The molecule has 1 aromatic heterocycles. The Bertz CT molecular complexity index is 586. The number of carbonyl (C=O) groups is 1. The van der Waals surface area contributed by atoms with Gasteiger partial charge in [-0.15, -0.1) is 23.1 Å². The van der Waals surface area contributed by atoms with Crippen LogP contribution in [0, 0.1) is 0 Å². The van der Waals surface area contributed by atoms with E-state index < -0.39 is 5.97 Å². The van der Waals surface area contributed by atoms with E-state index in [1.165, 1.54) is 11.8 Å². The molecule has 4 nitrogen and oxygen atoms in total. The van der Waals surface area contributed by atoms with Crippen LogP contribution in [0.3, 0.4) is 0 Å². The highest BCUT2D eigenvalue weighted by molar-refractivity contribution is 7.98. The number of thiazole rings is 1. The fourth-order valence-electron chi connectivity index (χ4n) is 1.26. The molecule has 0 aliphatic rings. The topological polar surface area (TPSA) is 76.2 Å². The van der Waals surface area contributed by atoms with Crippen LogP contribution in [0.5, 0.6) is 0 Å². The fraction of sp³-hybridized carbons (Fsp3) is 0.0909. The second-order valence-electron chi connectivity index (χ2n) is 3.42. The molecule has 1 aromatic carbocycles. The summed E-state index contributed by atoms with van der Waals surface area (Å²) in [4.78, 5) is 15.6. The van der Waals surface area contributed by atoms with Gasteiger partial charge in [-0.1, -0.05) is 11.6 Å². The molecule has 0 saturated heterocycles. The third-order valence-electron chi connectivity index (χ3n) is 2.09. The molecule has 2 rings (SSSR count). The SMILES string of the molecule is Nc1ccc(Cl)cc1SCc1csc(C(=O)O)n1. The van der Waals surface area contributed by atoms with E-state index in [0.29, 0.717) is 16.5 Å². The number of thioether (sulfide) groups is 1. The molecular weight excluding hydrogens is 292 g/mol. The summed E-state index contributed by atoms with van der Waals surface area (Å²) in [7, 11) is 0. The van der Waals surface area contributed by atoms with Gasteiger partial charge >= 0.3 is 5.97 Å². The van der Waals surface area contributed by atoms with Crippen molar-refractivity contribution in [2.45, 2.75) is 10.6 Å². The van der Waals surface area contributed by atoms with E-state index in [-0.39, 0.29) is 5.01 Å². The standard InChI is InChI=1S/C11H9ClN2O2S2/c12-6-1-2-8(13)9(3-6)17-4-7-5-18-10(14-7)11(15)16/h1-3,5H,4,13H2,(H,15,16). The summed E-state index contributed by atoms with van der Waals surface area (Å²) < 4.78 is 0. The molecule has 2 aromatic rings. The van der Waals surface area contributed by atoms with Crippen molar-refractivity contribution in [3.8, 4) is 0 Å². The number of carboxylic acids is 1. The van der Waals surface area contributed by atoms with Crippen molar-refractivity contribution < 1.29 is 9.90 Å². The molecule has 0 saturated carbocycles. The van der Waals surface area contributed by atoms with Crippen LogP contribution in [0.4, 0.5) is 5.69 Å². The minimum absolute atomic E-state index is 0.102. The molecule has 7 heteroatoms. The predicted octanol–water partition coefficient (Wildman–Crippen LogP) is 3.37. The van der Waals surface area contributed by atoms with Gasteiger partial charge in [-0.2, -0.15) is 0 Å². The molecule has 94 valence electrons. The predicted molar refractivity (Wildman–Crippen MR) is 74.5 cm³/mol. The lowest BCUT2D eigenvalue weighted by Gasteiger charge is -2.04. The number of rotatable bonds is 4. The summed E-state index contributed by atoms with van der Waals surface area (Å²) in [5, 5.41) is 11.2. The van der Waals surface area contributed by atoms with E-state index in [2.05, 4.69) is 4.98 Å². The smallest absolute Gasteiger partial charge is 0.365 e. The highest BCUT2D eigenvalue weighted by atomic mass is 35.5. The van der Waals surface area contributed by atoms with Gasteiger partial charge in [-0.3, -0.25) is 0 Å². The minimum Gasteiger partial charge on any atom is -0.476 e. The Labute approximate surface area is 117 Å². The lowest BCUT2D eigenvalue weighted by molar-refractivity contribution is 0.0696. The van der Waals surface area contributed by atoms with Crippen molar-refractivity contribution in [2.75, 3.05) is 5.73 Å². The number of halogens is 1. The fourth-order valence-corrected chi connectivity index (χ4v) is 3.15. The van der Waals surface area contributed by atoms with Crippen LogP contribution in [0.15, 0.2) is 28.5 Å². The molecule has 0 bridgehead atoms. The maximum atomic E-state index is 10.7. The Hall–Kier alpha value is -1.24. The average molecular weight is 301 g/mol. The number of hydrogen-bond acceptors (Lipinski definition) is 5. The van der Waals surface area contributed by atoms with Gasteiger partial charge in [0.2, 0.25) is 5.01 Å². The number of nitrogens with zero attached hydrogens (tertiary/aromatic N) is 1.